The van der Waals surface area contributed by atoms with Crippen LogP contribution in [0.25, 0.3) is 10.8 Å². The van der Waals surface area contributed by atoms with E-state index in [1.54, 1.807) is 16.4 Å². The fourth-order valence-electron chi connectivity index (χ4n) is 4.01. The Morgan fingerprint density at radius 3 is 2.50 bits per heavy atom. The highest BCUT2D eigenvalue weighted by atomic mass is 32.2. The first kappa shape index (κ1) is 21.4. The zero-order valence-corrected chi connectivity index (χ0v) is 18.6. The third-order valence-electron chi connectivity index (χ3n) is 5.58. The van der Waals surface area contributed by atoms with Crippen LogP contribution in [0.5, 0.6) is 0 Å². The number of thiol groups is 1. The Hall–Kier alpha value is -1.86. The number of hydrogen-bond donors (Lipinski definition) is 1. The van der Waals surface area contributed by atoms with Crippen LogP contribution < -0.4 is 0 Å². The highest BCUT2D eigenvalue weighted by Gasteiger charge is 2.39. The molecule has 0 N–H and O–H groups in total. The summed E-state index contributed by atoms with van der Waals surface area (Å²) in [6.45, 7) is 1.43. The average molecular weight is 442 g/mol. The van der Waals surface area contributed by atoms with Crippen molar-refractivity contribution in [2.24, 2.45) is 0 Å². The van der Waals surface area contributed by atoms with Gasteiger partial charge in [0.15, 0.2) is 0 Å². The first-order chi connectivity index (χ1) is 14.5. The van der Waals surface area contributed by atoms with Gasteiger partial charge in [0.05, 0.1) is 11.5 Å². The Labute approximate surface area is 184 Å². The van der Waals surface area contributed by atoms with Crippen LogP contribution in [-0.4, -0.2) is 43.8 Å². The molecule has 1 aliphatic heterocycles. The second-order valence-electron chi connectivity index (χ2n) is 7.79. The second-order valence-corrected chi connectivity index (χ2v) is 10.4. The minimum Gasteiger partial charge on any atom is -0.380 e. The van der Waals surface area contributed by atoms with Crippen LogP contribution >= 0.6 is 12.6 Å². The van der Waals surface area contributed by atoms with Crippen LogP contribution in [0, 0.1) is 0 Å². The number of hydrogen-bond acceptors (Lipinski definition) is 4. The van der Waals surface area contributed by atoms with E-state index in [0.29, 0.717) is 31.1 Å². The van der Waals surface area contributed by atoms with E-state index in [1.165, 1.54) is 5.56 Å². The minimum absolute atomic E-state index is 0.0261. The Morgan fingerprint density at radius 2 is 1.70 bits per heavy atom. The smallest absolute Gasteiger partial charge is 0.243 e. The van der Waals surface area contributed by atoms with E-state index in [1.807, 2.05) is 48.5 Å². The van der Waals surface area contributed by atoms with Crippen molar-refractivity contribution in [3.8, 4) is 0 Å². The van der Waals surface area contributed by atoms with E-state index in [0.717, 1.165) is 23.6 Å². The average Bonchev–Trinajstić information content (AvgIpc) is 3.15. The molecule has 0 aromatic heterocycles. The van der Waals surface area contributed by atoms with Crippen LogP contribution in [0.4, 0.5) is 0 Å². The van der Waals surface area contributed by atoms with Crippen LogP contribution in [0.1, 0.15) is 18.4 Å². The van der Waals surface area contributed by atoms with E-state index < -0.39 is 10.0 Å². The molecule has 2 atom stereocenters. The van der Waals surface area contributed by atoms with Gasteiger partial charge in [0.25, 0.3) is 0 Å². The molecule has 0 radical (unpaired) electrons. The number of benzene rings is 3. The maximum Gasteiger partial charge on any atom is 0.243 e. The number of fused-ring (bicyclic) bond motifs is 1. The quantitative estimate of drug-likeness (QED) is 0.412. The van der Waals surface area contributed by atoms with E-state index in [9.17, 15) is 8.42 Å². The molecule has 6 heteroatoms. The Morgan fingerprint density at radius 1 is 0.967 bits per heavy atom. The monoisotopic (exact) mass is 441 g/mol. The maximum atomic E-state index is 13.3. The maximum absolute atomic E-state index is 13.3. The summed E-state index contributed by atoms with van der Waals surface area (Å²) in [5.41, 5.74) is 1.29. The molecule has 158 valence electrons. The van der Waals surface area contributed by atoms with Crippen molar-refractivity contribution >= 4 is 33.4 Å². The summed E-state index contributed by atoms with van der Waals surface area (Å²) in [5, 5.41) is 1.98. The van der Waals surface area contributed by atoms with Crippen LogP contribution in [0.3, 0.4) is 0 Å². The highest BCUT2D eigenvalue weighted by Crippen LogP contribution is 2.30. The van der Waals surface area contributed by atoms with E-state index >= 15 is 0 Å². The predicted octanol–water partition coefficient (Wildman–Crippen LogP) is 4.55. The summed E-state index contributed by atoms with van der Waals surface area (Å²) in [4.78, 5) is 0.331. The van der Waals surface area contributed by atoms with E-state index in [-0.39, 0.29) is 11.3 Å². The van der Waals surface area contributed by atoms with E-state index in [4.69, 9.17) is 4.74 Å². The van der Waals surface area contributed by atoms with Crippen LogP contribution in [-0.2, 0) is 21.2 Å². The van der Waals surface area contributed by atoms with Crippen molar-refractivity contribution in [1.82, 2.24) is 4.31 Å². The number of aryl methyl sites for hydroxylation is 1. The van der Waals surface area contributed by atoms with Crippen molar-refractivity contribution in [3.05, 3.63) is 78.4 Å². The first-order valence-electron chi connectivity index (χ1n) is 10.3. The van der Waals surface area contributed by atoms with Gasteiger partial charge in [-0.05, 0) is 47.7 Å². The molecule has 3 aromatic rings. The third kappa shape index (κ3) is 4.89. The highest BCUT2D eigenvalue weighted by molar-refractivity contribution is 7.89. The molecule has 0 bridgehead atoms. The second kappa shape index (κ2) is 9.52. The minimum atomic E-state index is -3.59. The van der Waals surface area contributed by atoms with Crippen molar-refractivity contribution in [1.29, 1.82) is 0 Å². The van der Waals surface area contributed by atoms with Crippen LogP contribution in [0.15, 0.2) is 77.7 Å². The molecule has 0 spiro atoms. The molecule has 1 heterocycles. The van der Waals surface area contributed by atoms with Gasteiger partial charge in [0, 0.05) is 24.4 Å². The fourth-order valence-corrected chi connectivity index (χ4v) is 6.25. The van der Waals surface area contributed by atoms with Gasteiger partial charge in [-0.3, -0.25) is 0 Å². The van der Waals surface area contributed by atoms with Crippen molar-refractivity contribution < 1.29 is 13.2 Å². The van der Waals surface area contributed by atoms with E-state index in [2.05, 4.69) is 24.8 Å². The molecule has 2 unspecified atom stereocenters. The lowest BCUT2D eigenvalue weighted by Crippen LogP contribution is -2.38. The lowest BCUT2D eigenvalue weighted by atomic mass is 10.1. The molecule has 4 rings (SSSR count). The normalized spacial score (nSPS) is 20.0. The zero-order chi connectivity index (χ0) is 21.0. The van der Waals surface area contributed by atoms with Gasteiger partial charge in [-0.15, -0.1) is 0 Å². The summed E-state index contributed by atoms with van der Waals surface area (Å²) in [7, 11) is -3.59. The van der Waals surface area contributed by atoms with Crippen molar-refractivity contribution in [2.75, 3.05) is 19.8 Å². The Bertz CT molecular complexity index is 1090. The first-order valence-corrected chi connectivity index (χ1v) is 12.3. The van der Waals surface area contributed by atoms with Gasteiger partial charge >= 0.3 is 0 Å². The molecule has 30 heavy (non-hydrogen) atoms. The molecule has 1 saturated heterocycles. The summed E-state index contributed by atoms with van der Waals surface area (Å²) in [6, 6.07) is 23.2. The standard InChI is InChI=1S/C24H27NO3S2/c26-30(27,24-13-12-20-10-4-5-11-21(20)15-24)25-17-23(29)16-22(25)18-28-14-6-9-19-7-2-1-3-8-19/h1-5,7-8,10-13,15,22-23,29H,6,9,14,16-18H2. The summed E-state index contributed by atoms with van der Waals surface area (Å²) < 4.78 is 34.1. The SMILES string of the molecule is O=S(=O)(c1ccc2ccccc2c1)N1CC(S)CC1COCCCc1ccccc1. The largest absolute Gasteiger partial charge is 0.380 e. The third-order valence-corrected chi connectivity index (χ3v) is 7.87. The van der Waals surface area contributed by atoms with Gasteiger partial charge < -0.3 is 4.74 Å². The van der Waals surface area contributed by atoms with Gasteiger partial charge in [-0.2, -0.15) is 16.9 Å². The molecule has 0 aliphatic carbocycles. The van der Waals surface area contributed by atoms with Crippen molar-refractivity contribution in [2.45, 2.75) is 35.4 Å². The molecule has 0 amide bonds. The topological polar surface area (TPSA) is 46.6 Å². The summed E-state index contributed by atoms with van der Waals surface area (Å²) in [6.07, 6.45) is 2.58. The van der Waals surface area contributed by atoms with Gasteiger partial charge in [-0.25, -0.2) is 8.42 Å². The molecule has 3 aromatic carbocycles. The number of ether oxygens (including phenoxy) is 1. The molecule has 1 fully saturated rings. The fraction of sp³-hybridized carbons (Fsp3) is 0.333. The predicted molar refractivity (Wildman–Crippen MR) is 125 cm³/mol. The molecule has 4 nitrogen and oxygen atoms in total. The van der Waals surface area contributed by atoms with Crippen molar-refractivity contribution in [3.63, 3.8) is 0 Å². The van der Waals surface area contributed by atoms with Gasteiger partial charge in [0.1, 0.15) is 0 Å². The van der Waals surface area contributed by atoms with Crippen LogP contribution in [0.2, 0.25) is 0 Å². The zero-order valence-electron chi connectivity index (χ0n) is 16.9. The molecular formula is C24H27NO3S2. The summed E-state index contributed by atoms with van der Waals surface area (Å²) >= 11 is 4.56. The Balaban J connectivity index is 1.39. The molecule has 1 aliphatic rings. The molecule has 0 saturated carbocycles. The van der Waals surface area contributed by atoms with Gasteiger partial charge in [0.2, 0.25) is 10.0 Å². The number of rotatable bonds is 8. The van der Waals surface area contributed by atoms with Gasteiger partial charge in [-0.1, -0.05) is 60.7 Å². The lowest BCUT2D eigenvalue weighted by molar-refractivity contribution is 0.0974. The lowest BCUT2D eigenvalue weighted by Gasteiger charge is -2.24. The summed E-state index contributed by atoms with van der Waals surface area (Å²) in [5.74, 6) is 0. The molecular weight excluding hydrogens is 414 g/mol. The number of nitrogens with zero attached hydrogens (tertiary/aromatic N) is 1. The number of sulfonamides is 1. The Kier molecular flexibility index (Phi) is 6.78.